The van der Waals surface area contributed by atoms with E-state index in [-0.39, 0.29) is 12.3 Å². The third-order valence-corrected chi connectivity index (χ3v) is 6.55. The van der Waals surface area contributed by atoms with Crippen LogP contribution in [0.5, 0.6) is 17.2 Å². The van der Waals surface area contributed by atoms with Gasteiger partial charge in [0.1, 0.15) is 17.2 Å². The maximum atomic E-state index is 6.48. The van der Waals surface area contributed by atoms with E-state index in [4.69, 9.17) is 19.3 Å². The molecule has 3 aromatic rings. The van der Waals surface area contributed by atoms with Gasteiger partial charge in [0.15, 0.2) is 0 Å². The molecule has 0 saturated heterocycles. The number of hydrogen-bond donors (Lipinski definition) is 0. The molecule has 2 aliphatic rings. The lowest BCUT2D eigenvalue weighted by Gasteiger charge is -2.38. The van der Waals surface area contributed by atoms with Crippen LogP contribution in [0.25, 0.3) is 0 Å². The molecule has 3 aromatic carbocycles. The van der Waals surface area contributed by atoms with Crippen LogP contribution in [0.2, 0.25) is 0 Å². The van der Waals surface area contributed by atoms with Crippen LogP contribution in [0.15, 0.2) is 77.9 Å². The van der Waals surface area contributed by atoms with Crippen molar-refractivity contribution in [3.8, 4) is 17.2 Å². The highest BCUT2D eigenvalue weighted by Gasteiger charge is 2.40. The number of fused-ring (bicyclic) bond motifs is 3. The van der Waals surface area contributed by atoms with Gasteiger partial charge in [-0.15, -0.1) is 0 Å². The number of nitrogens with zero attached hydrogens (tertiary/aromatic N) is 2. The molecule has 0 N–H and O–H groups in total. The summed E-state index contributed by atoms with van der Waals surface area (Å²) in [4.78, 5) is 0. The fourth-order valence-electron chi connectivity index (χ4n) is 4.66. The second-order valence-electron chi connectivity index (χ2n) is 8.86. The Hall–Kier alpha value is -3.47. The van der Waals surface area contributed by atoms with Gasteiger partial charge in [0, 0.05) is 17.5 Å². The molecule has 0 saturated carbocycles. The maximum Gasteiger partial charge on any atom is 0.213 e. The minimum absolute atomic E-state index is 0.140. The van der Waals surface area contributed by atoms with Crippen LogP contribution in [0.4, 0.5) is 0 Å². The van der Waals surface area contributed by atoms with Gasteiger partial charge < -0.3 is 14.2 Å². The Kier molecular flexibility index (Phi) is 6.70. The summed E-state index contributed by atoms with van der Waals surface area (Å²) in [5.41, 5.74) is 4.42. The summed E-state index contributed by atoms with van der Waals surface area (Å²) in [6, 6.07) is 24.8. The van der Waals surface area contributed by atoms with Gasteiger partial charge >= 0.3 is 0 Å². The van der Waals surface area contributed by atoms with E-state index in [2.05, 4.69) is 54.4 Å². The summed E-state index contributed by atoms with van der Waals surface area (Å²) < 4.78 is 17.7. The summed E-state index contributed by atoms with van der Waals surface area (Å²) in [5, 5.41) is 7.16. The van der Waals surface area contributed by atoms with E-state index in [0.29, 0.717) is 0 Å². The molecular weight excluding hydrogens is 424 g/mol. The van der Waals surface area contributed by atoms with E-state index >= 15 is 0 Å². The molecule has 2 atom stereocenters. The van der Waals surface area contributed by atoms with Crippen LogP contribution < -0.4 is 14.2 Å². The molecule has 0 amide bonds. The van der Waals surface area contributed by atoms with Crippen molar-refractivity contribution < 1.29 is 14.2 Å². The number of methoxy groups -OCH3 is 1. The van der Waals surface area contributed by atoms with Gasteiger partial charge in [-0.1, -0.05) is 44.4 Å². The van der Waals surface area contributed by atoms with Crippen LogP contribution in [0, 0.1) is 0 Å². The highest BCUT2D eigenvalue weighted by molar-refractivity contribution is 6.02. The molecule has 0 bridgehead atoms. The zero-order valence-electron chi connectivity index (χ0n) is 19.9. The van der Waals surface area contributed by atoms with Gasteiger partial charge in [-0.05, 0) is 66.6 Å². The van der Waals surface area contributed by atoms with Crippen LogP contribution in [-0.4, -0.2) is 24.4 Å². The number of para-hydroxylation sites is 1. The van der Waals surface area contributed by atoms with Crippen molar-refractivity contribution >= 4 is 5.71 Å². The first kappa shape index (κ1) is 22.3. The van der Waals surface area contributed by atoms with Crippen LogP contribution >= 0.6 is 0 Å². The summed E-state index contributed by atoms with van der Waals surface area (Å²) in [6.45, 7) is 2.98. The van der Waals surface area contributed by atoms with Crippen molar-refractivity contribution in [2.75, 3.05) is 13.7 Å². The lowest BCUT2D eigenvalue weighted by molar-refractivity contribution is -0.0190. The molecular formula is C29H32N2O3. The van der Waals surface area contributed by atoms with Crippen LogP contribution in [-0.2, 0) is 0 Å². The Morgan fingerprint density at radius 1 is 0.912 bits per heavy atom. The summed E-state index contributed by atoms with van der Waals surface area (Å²) in [7, 11) is 1.68. The van der Waals surface area contributed by atoms with Crippen molar-refractivity contribution in [2.45, 2.75) is 51.3 Å². The summed E-state index contributed by atoms with van der Waals surface area (Å²) >= 11 is 0. The molecule has 176 valence electrons. The van der Waals surface area contributed by atoms with Gasteiger partial charge in [0.25, 0.3) is 0 Å². The molecule has 0 radical (unpaired) electrons. The minimum atomic E-state index is -0.283. The molecule has 0 aromatic heterocycles. The highest BCUT2D eigenvalue weighted by Crippen LogP contribution is 2.47. The standard InChI is InChI=1S/C29H32N2O3/c1-3-4-5-8-19-33-24-17-13-22(14-18-24)29-31-27(25-9-6-7-10-28(25)34-29)20-26(30-31)21-11-15-23(32-2)16-12-21/h6-7,9-18,27,29H,3-5,8,19-20H2,1-2H3/t27-,29+/m1/s1. The van der Waals surface area contributed by atoms with Crippen molar-refractivity contribution in [1.82, 2.24) is 5.01 Å². The third kappa shape index (κ3) is 4.60. The normalized spacial score (nSPS) is 18.5. The quantitative estimate of drug-likeness (QED) is 0.329. The van der Waals surface area contributed by atoms with E-state index in [1.807, 2.05) is 30.3 Å². The monoisotopic (exact) mass is 456 g/mol. The van der Waals surface area contributed by atoms with Gasteiger partial charge in [0.2, 0.25) is 6.23 Å². The Morgan fingerprint density at radius 3 is 2.44 bits per heavy atom. The first-order chi connectivity index (χ1) is 16.8. The van der Waals surface area contributed by atoms with Gasteiger partial charge in [-0.3, -0.25) is 0 Å². The van der Waals surface area contributed by atoms with Gasteiger partial charge in [-0.25, -0.2) is 5.01 Å². The smallest absolute Gasteiger partial charge is 0.213 e. The highest BCUT2D eigenvalue weighted by atomic mass is 16.5. The lowest BCUT2D eigenvalue weighted by atomic mass is 9.96. The SMILES string of the molecule is CCCCCCOc1ccc([C@@H]2Oc3ccccc3[C@H]3CC(c4ccc(OC)cc4)=NN32)cc1. The van der Waals surface area contributed by atoms with Crippen LogP contribution in [0.3, 0.4) is 0 Å². The second kappa shape index (κ2) is 10.2. The summed E-state index contributed by atoms with van der Waals surface area (Å²) in [5.74, 6) is 2.67. The molecule has 0 fully saturated rings. The predicted octanol–water partition coefficient (Wildman–Crippen LogP) is 6.90. The maximum absolute atomic E-state index is 6.48. The first-order valence-electron chi connectivity index (χ1n) is 12.3. The number of rotatable bonds is 9. The second-order valence-corrected chi connectivity index (χ2v) is 8.86. The average molecular weight is 457 g/mol. The number of ether oxygens (including phenoxy) is 3. The molecule has 0 unspecified atom stereocenters. The fourth-order valence-corrected chi connectivity index (χ4v) is 4.66. The Morgan fingerprint density at radius 2 is 1.68 bits per heavy atom. The molecule has 0 aliphatic carbocycles. The van der Waals surface area contributed by atoms with Gasteiger partial charge in [-0.2, -0.15) is 5.10 Å². The number of benzene rings is 3. The zero-order chi connectivity index (χ0) is 23.3. The van der Waals surface area contributed by atoms with Crippen LogP contribution in [0.1, 0.15) is 68.0 Å². The van der Waals surface area contributed by atoms with Crippen molar-refractivity contribution in [3.05, 3.63) is 89.5 Å². The average Bonchev–Trinajstić information content (AvgIpc) is 3.34. The lowest BCUT2D eigenvalue weighted by Crippen LogP contribution is -2.33. The van der Waals surface area contributed by atoms with Gasteiger partial charge in [0.05, 0.1) is 25.5 Å². The predicted molar refractivity (Wildman–Crippen MR) is 135 cm³/mol. The first-order valence-corrected chi connectivity index (χ1v) is 12.3. The topological polar surface area (TPSA) is 43.3 Å². The Bertz CT molecular complexity index is 1120. The fraction of sp³-hybridized carbons (Fsp3) is 0.345. The van der Waals surface area contributed by atoms with E-state index < -0.39 is 0 Å². The Balaban J connectivity index is 1.37. The number of unbranched alkanes of at least 4 members (excludes halogenated alkanes) is 3. The molecule has 2 heterocycles. The van der Waals surface area contributed by atoms with E-state index in [0.717, 1.165) is 53.5 Å². The molecule has 5 heteroatoms. The Labute approximate surface area is 202 Å². The van der Waals surface area contributed by atoms with E-state index in [1.165, 1.54) is 24.8 Å². The zero-order valence-corrected chi connectivity index (χ0v) is 19.9. The number of hydrogen-bond acceptors (Lipinski definition) is 5. The van der Waals surface area contributed by atoms with Crippen molar-refractivity contribution in [1.29, 1.82) is 0 Å². The van der Waals surface area contributed by atoms with E-state index in [1.54, 1.807) is 7.11 Å². The molecule has 5 rings (SSSR count). The largest absolute Gasteiger partial charge is 0.497 e. The van der Waals surface area contributed by atoms with Crippen molar-refractivity contribution in [3.63, 3.8) is 0 Å². The minimum Gasteiger partial charge on any atom is -0.497 e. The molecule has 0 spiro atoms. The summed E-state index contributed by atoms with van der Waals surface area (Å²) in [6.07, 6.45) is 5.36. The third-order valence-electron chi connectivity index (χ3n) is 6.55. The number of hydrazone groups is 1. The van der Waals surface area contributed by atoms with E-state index in [9.17, 15) is 0 Å². The van der Waals surface area contributed by atoms with Crippen molar-refractivity contribution in [2.24, 2.45) is 5.10 Å². The molecule has 2 aliphatic heterocycles. The molecule has 5 nitrogen and oxygen atoms in total. The molecule has 34 heavy (non-hydrogen) atoms.